The molecule has 3 aromatic heterocycles. The Labute approximate surface area is 169 Å². The molecule has 0 amide bonds. The zero-order valence-corrected chi connectivity index (χ0v) is 16.6. The predicted molar refractivity (Wildman–Crippen MR) is 110 cm³/mol. The van der Waals surface area contributed by atoms with Crippen LogP contribution in [0.2, 0.25) is 0 Å². The van der Waals surface area contributed by atoms with Crippen molar-refractivity contribution < 1.29 is 9.47 Å². The number of piperidine rings is 1. The standard InChI is InChI=1S/C18H23N7O2.ClH/c1-26-15-5-6-16(23-18(15)27-2)22-14-8-13(10-25-17(14)20-11-21-25)24-7-3-4-12(19)9-24;/h5-6,8,10-12H,3-4,7,9,19H2,1-2H3,(H,22,23);1H. The van der Waals surface area contributed by atoms with Gasteiger partial charge in [-0.2, -0.15) is 10.1 Å². The molecule has 1 aliphatic heterocycles. The number of nitrogens with two attached hydrogens (primary N) is 1. The van der Waals surface area contributed by atoms with E-state index in [0.29, 0.717) is 17.4 Å². The van der Waals surface area contributed by atoms with E-state index in [4.69, 9.17) is 15.2 Å². The molecule has 150 valence electrons. The van der Waals surface area contributed by atoms with Crippen LogP contribution in [0.4, 0.5) is 17.2 Å². The van der Waals surface area contributed by atoms with E-state index in [1.165, 1.54) is 6.33 Å². The van der Waals surface area contributed by atoms with E-state index in [1.807, 2.05) is 18.3 Å². The molecule has 3 N–H and O–H groups in total. The van der Waals surface area contributed by atoms with Crippen LogP contribution in [0.3, 0.4) is 0 Å². The lowest BCUT2D eigenvalue weighted by molar-refractivity contribution is 0.343. The van der Waals surface area contributed by atoms with Gasteiger partial charge in [0, 0.05) is 19.1 Å². The highest BCUT2D eigenvalue weighted by Gasteiger charge is 2.19. The second-order valence-corrected chi connectivity index (χ2v) is 6.52. The summed E-state index contributed by atoms with van der Waals surface area (Å²) in [6.07, 6.45) is 5.65. The lowest BCUT2D eigenvalue weighted by Crippen LogP contribution is -2.42. The van der Waals surface area contributed by atoms with E-state index in [2.05, 4.69) is 31.3 Å². The fraction of sp³-hybridized carbons (Fsp3) is 0.389. The number of halogens is 1. The molecule has 0 aliphatic carbocycles. The summed E-state index contributed by atoms with van der Waals surface area (Å²) in [4.78, 5) is 11.1. The van der Waals surface area contributed by atoms with Gasteiger partial charge in [0.2, 0.25) is 0 Å². The van der Waals surface area contributed by atoms with Crippen molar-refractivity contribution in [3.05, 3.63) is 30.7 Å². The van der Waals surface area contributed by atoms with E-state index in [1.54, 1.807) is 18.7 Å². The monoisotopic (exact) mass is 405 g/mol. The molecule has 1 aliphatic rings. The second-order valence-electron chi connectivity index (χ2n) is 6.52. The molecule has 0 saturated carbocycles. The van der Waals surface area contributed by atoms with Gasteiger partial charge in [0.05, 0.1) is 31.8 Å². The molecular weight excluding hydrogens is 382 g/mol. The molecule has 1 atom stereocenters. The average molecular weight is 406 g/mol. The molecular formula is C18H24ClN7O2. The van der Waals surface area contributed by atoms with Gasteiger partial charge in [-0.15, -0.1) is 12.4 Å². The fourth-order valence-corrected chi connectivity index (χ4v) is 3.36. The van der Waals surface area contributed by atoms with E-state index < -0.39 is 0 Å². The molecule has 28 heavy (non-hydrogen) atoms. The summed E-state index contributed by atoms with van der Waals surface area (Å²) in [6, 6.07) is 5.88. The number of aromatic nitrogens is 4. The average Bonchev–Trinajstić information content (AvgIpc) is 3.17. The molecule has 0 aromatic carbocycles. The van der Waals surface area contributed by atoms with Gasteiger partial charge in [0.15, 0.2) is 11.4 Å². The highest BCUT2D eigenvalue weighted by molar-refractivity contribution is 5.85. The normalized spacial score (nSPS) is 16.5. The predicted octanol–water partition coefficient (Wildman–Crippen LogP) is 2.23. The fourth-order valence-electron chi connectivity index (χ4n) is 3.36. The quantitative estimate of drug-likeness (QED) is 0.666. The molecule has 3 aromatic rings. The Morgan fingerprint density at radius 3 is 2.86 bits per heavy atom. The van der Waals surface area contributed by atoms with Crippen molar-refractivity contribution in [2.45, 2.75) is 18.9 Å². The summed E-state index contributed by atoms with van der Waals surface area (Å²) in [5.41, 5.74) is 8.72. The number of anilines is 3. The Kier molecular flexibility index (Phi) is 6.05. The van der Waals surface area contributed by atoms with Crippen molar-refractivity contribution in [1.29, 1.82) is 0 Å². The van der Waals surface area contributed by atoms with E-state index in [0.717, 1.165) is 43.0 Å². The first-order chi connectivity index (χ1) is 13.2. The maximum absolute atomic E-state index is 6.15. The van der Waals surface area contributed by atoms with E-state index >= 15 is 0 Å². The minimum absolute atomic E-state index is 0. The number of hydrogen-bond donors (Lipinski definition) is 2. The molecule has 9 nitrogen and oxygen atoms in total. The summed E-state index contributed by atoms with van der Waals surface area (Å²) >= 11 is 0. The van der Waals surface area contributed by atoms with Crippen LogP contribution in [0, 0.1) is 0 Å². The molecule has 4 rings (SSSR count). The van der Waals surface area contributed by atoms with Crippen molar-refractivity contribution in [3.63, 3.8) is 0 Å². The minimum Gasteiger partial charge on any atom is -0.491 e. The zero-order valence-electron chi connectivity index (χ0n) is 15.8. The Hall–Kier alpha value is -2.78. The van der Waals surface area contributed by atoms with E-state index in [-0.39, 0.29) is 18.4 Å². The van der Waals surface area contributed by atoms with Crippen molar-refractivity contribution in [2.24, 2.45) is 5.73 Å². The Morgan fingerprint density at radius 1 is 1.25 bits per heavy atom. The van der Waals surface area contributed by atoms with Crippen molar-refractivity contribution >= 4 is 35.2 Å². The van der Waals surface area contributed by atoms with Crippen LogP contribution >= 0.6 is 12.4 Å². The summed E-state index contributed by atoms with van der Waals surface area (Å²) < 4.78 is 12.3. The first-order valence-corrected chi connectivity index (χ1v) is 8.88. The number of hydrogen-bond acceptors (Lipinski definition) is 8. The Balaban J connectivity index is 0.00000225. The van der Waals surface area contributed by atoms with Crippen LogP contribution in [-0.4, -0.2) is 52.9 Å². The summed E-state index contributed by atoms with van der Waals surface area (Å²) in [7, 11) is 3.14. The smallest absolute Gasteiger partial charge is 0.258 e. The van der Waals surface area contributed by atoms with Crippen LogP contribution in [0.15, 0.2) is 30.7 Å². The number of fused-ring (bicyclic) bond motifs is 1. The molecule has 10 heteroatoms. The van der Waals surface area contributed by atoms with Crippen molar-refractivity contribution in [3.8, 4) is 11.6 Å². The van der Waals surface area contributed by atoms with Gasteiger partial charge in [-0.25, -0.2) is 9.50 Å². The zero-order chi connectivity index (χ0) is 18.8. The summed E-state index contributed by atoms with van der Waals surface area (Å²) in [5.74, 6) is 1.62. The number of pyridine rings is 2. The lowest BCUT2D eigenvalue weighted by atomic mass is 10.1. The number of methoxy groups -OCH3 is 2. The Bertz CT molecular complexity index is 949. The molecule has 4 heterocycles. The highest BCUT2D eigenvalue weighted by Crippen LogP contribution is 2.30. The van der Waals surface area contributed by atoms with Gasteiger partial charge >= 0.3 is 0 Å². The Morgan fingerprint density at radius 2 is 2.11 bits per heavy atom. The van der Waals surface area contributed by atoms with Crippen molar-refractivity contribution in [2.75, 3.05) is 37.5 Å². The SMILES string of the molecule is COc1ccc(Nc2cc(N3CCCC(N)C3)cn3ncnc23)nc1OC.Cl. The van der Waals surface area contributed by atoms with Gasteiger partial charge < -0.3 is 25.4 Å². The third-order valence-electron chi connectivity index (χ3n) is 4.69. The maximum atomic E-state index is 6.15. The first kappa shape index (κ1) is 20.0. The van der Waals surface area contributed by atoms with Crippen LogP contribution in [0.1, 0.15) is 12.8 Å². The highest BCUT2D eigenvalue weighted by atomic mass is 35.5. The van der Waals surface area contributed by atoms with E-state index in [9.17, 15) is 0 Å². The summed E-state index contributed by atoms with van der Waals surface area (Å²) in [5, 5.41) is 7.62. The lowest BCUT2D eigenvalue weighted by Gasteiger charge is -2.32. The molecule has 0 spiro atoms. The van der Waals surface area contributed by atoms with Crippen molar-refractivity contribution in [1.82, 2.24) is 19.6 Å². The van der Waals surface area contributed by atoms with Gasteiger partial charge in [-0.1, -0.05) is 0 Å². The van der Waals surface area contributed by atoms with Gasteiger partial charge in [0.25, 0.3) is 5.88 Å². The van der Waals surface area contributed by atoms with Gasteiger partial charge in [-0.3, -0.25) is 0 Å². The molecule has 1 fully saturated rings. The largest absolute Gasteiger partial charge is 0.491 e. The number of nitrogens with one attached hydrogen (secondary N) is 1. The van der Waals surface area contributed by atoms with Crippen LogP contribution in [-0.2, 0) is 0 Å². The van der Waals surface area contributed by atoms with Crippen LogP contribution in [0.25, 0.3) is 5.65 Å². The molecule has 1 saturated heterocycles. The maximum Gasteiger partial charge on any atom is 0.258 e. The number of ether oxygens (including phenoxy) is 2. The first-order valence-electron chi connectivity index (χ1n) is 8.88. The van der Waals surface area contributed by atoms with Gasteiger partial charge in [0.1, 0.15) is 12.1 Å². The van der Waals surface area contributed by atoms with Gasteiger partial charge in [-0.05, 0) is 31.0 Å². The number of nitrogens with zero attached hydrogens (tertiary/aromatic N) is 5. The number of rotatable bonds is 5. The third kappa shape index (κ3) is 3.90. The summed E-state index contributed by atoms with van der Waals surface area (Å²) in [6.45, 7) is 1.80. The minimum atomic E-state index is 0. The van der Waals surface area contributed by atoms with Crippen LogP contribution < -0.4 is 25.4 Å². The molecule has 0 bridgehead atoms. The van der Waals surface area contributed by atoms with Crippen LogP contribution in [0.5, 0.6) is 11.6 Å². The molecule has 1 unspecified atom stereocenters. The second kappa shape index (κ2) is 8.49. The third-order valence-corrected chi connectivity index (χ3v) is 4.69. The topological polar surface area (TPSA) is 103 Å². The molecule has 0 radical (unpaired) electrons.